The van der Waals surface area contributed by atoms with Crippen LogP contribution in [0.3, 0.4) is 0 Å². The summed E-state index contributed by atoms with van der Waals surface area (Å²) < 4.78 is 39.4. The minimum absolute atomic E-state index is 0.153. The fourth-order valence-electron chi connectivity index (χ4n) is 9.91. The van der Waals surface area contributed by atoms with Crippen molar-refractivity contribution in [2.45, 2.75) is 172 Å². The lowest BCUT2D eigenvalue weighted by Gasteiger charge is -2.49. The molecule has 1 unspecified atom stereocenters. The number of carbonyl (C=O) groups is 1. The maximum absolute atomic E-state index is 11.8. The fourth-order valence-corrected chi connectivity index (χ4v) is 9.91. The summed E-state index contributed by atoms with van der Waals surface area (Å²) in [6.07, 6.45) is 2.99. The molecule has 0 amide bonds. The predicted octanol–water partition coefficient (Wildman–Crippen LogP) is 4.27. The molecule has 17 atom stereocenters. The Morgan fingerprint density at radius 1 is 1.02 bits per heavy atom. The van der Waals surface area contributed by atoms with Crippen LogP contribution in [0.4, 0.5) is 0 Å². The first kappa shape index (κ1) is 37.4. The Kier molecular flexibility index (Phi) is 10.9. The van der Waals surface area contributed by atoms with Crippen molar-refractivity contribution in [3.63, 3.8) is 0 Å². The van der Waals surface area contributed by atoms with Gasteiger partial charge in [0.25, 0.3) is 0 Å². The van der Waals surface area contributed by atoms with Crippen LogP contribution in [-0.2, 0) is 33.2 Å². The third-order valence-corrected chi connectivity index (χ3v) is 13.0. The number of carboxylic acid groups (broad SMARTS) is 1. The molecule has 0 aromatic rings. The van der Waals surface area contributed by atoms with Gasteiger partial charge in [-0.1, -0.05) is 41.5 Å². The molecule has 0 aromatic heterocycles. The lowest BCUT2D eigenvalue weighted by Crippen LogP contribution is -2.57. The van der Waals surface area contributed by atoms with Crippen LogP contribution >= 0.6 is 0 Å². The maximum Gasteiger partial charge on any atom is 0.308 e. The van der Waals surface area contributed by atoms with E-state index in [4.69, 9.17) is 28.4 Å². The number of aliphatic hydroxyl groups is 3. The van der Waals surface area contributed by atoms with Gasteiger partial charge < -0.3 is 48.8 Å². The number of methoxy groups -OCH3 is 1. The lowest BCUT2D eigenvalue weighted by molar-refractivity contribution is -0.336. The summed E-state index contributed by atoms with van der Waals surface area (Å²) >= 11 is 0. The molecular formula is C36H62O11. The number of hydrogen-bond donors (Lipinski definition) is 4. The van der Waals surface area contributed by atoms with Crippen molar-refractivity contribution >= 4 is 5.97 Å². The molecule has 11 heteroatoms. The minimum Gasteiger partial charge on any atom is -0.481 e. The van der Waals surface area contributed by atoms with Gasteiger partial charge in [-0.05, 0) is 64.2 Å². The molecule has 0 saturated carbocycles. The molecule has 4 N–H and O–H groups in total. The molecule has 0 aromatic carbocycles. The van der Waals surface area contributed by atoms with Crippen molar-refractivity contribution in [3.8, 4) is 0 Å². The Morgan fingerprint density at radius 2 is 1.72 bits per heavy atom. The van der Waals surface area contributed by atoms with Crippen molar-refractivity contribution in [3.05, 3.63) is 0 Å². The Morgan fingerprint density at radius 3 is 2.34 bits per heavy atom. The summed E-state index contributed by atoms with van der Waals surface area (Å²) in [5.41, 5.74) is -1.15. The van der Waals surface area contributed by atoms with Gasteiger partial charge in [0.05, 0.1) is 66.5 Å². The highest BCUT2D eigenvalue weighted by molar-refractivity contribution is 5.70. The van der Waals surface area contributed by atoms with E-state index < -0.39 is 59.6 Å². The van der Waals surface area contributed by atoms with Crippen molar-refractivity contribution in [1.29, 1.82) is 0 Å². The molecule has 47 heavy (non-hydrogen) atoms. The van der Waals surface area contributed by atoms with Gasteiger partial charge in [-0.25, -0.2) is 0 Å². The number of aliphatic carboxylic acids is 1. The van der Waals surface area contributed by atoms with Gasteiger partial charge in [-0.15, -0.1) is 0 Å². The Labute approximate surface area is 281 Å². The summed E-state index contributed by atoms with van der Waals surface area (Å²) in [7, 11) is 1.52. The molecule has 5 aliphatic heterocycles. The van der Waals surface area contributed by atoms with E-state index >= 15 is 0 Å². The van der Waals surface area contributed by atoms with Crippen LogP contribution in [0.15, 0.2) is 0 Å². The molecule has 5 saturated heterocycles. The summed E-state index contributed by atoms with van der Waals surface area (Å²) in [5.74, 6) is -4.52. The summed E-state index contributed by atoms with van der Waals surface area (Å²) in [6.45, 7) is 15.6. The number of rotatable bonds is 10. The largest absolute Gasteiger partial charge is 0.481 e. The first-order chi connectivity index (χ1) is 22.0. The molecule has 0 aliphatic carbocycles. The van der Waals surface area contributed by atoms with E-state index in [2.05, 4.69) is 27.7 Å². The van der Waals surface area contributed by atoms with E-state index in [0.717, 1.165) is 32.1 Å². The number of carboxylic acids is 1. The van der Waals surface area contributed by atoms with Gasteiger partial charge in [-0.3, -0.25) is 4.79 Å². The Balaban J connectivity index is 1.29. The zero-order valence-corrected chi connectivity index (χ0v) is 30.0. The molecule has 0 radical (unpaired) electrons. The average Bonchev–Trinajstić information content (AvgIpc) is 3.73. The van der Waals surface area contributed by atoms with E-state index in [-0.39, 0.29) is 54.0 Å². The number of aliphatic hydroxyl groups excluding tert-OH is 2. The van der Waals surface area contributed by atoms with Crippen LogP contribution in [0.5, 0.6) is 0 Å². The Hall–Kier alpha value is -0.890. The third kappa shape index (κ3) is 6.67. The zero-order valence-electron chi connectivity index (χ0n) is 30.0. The summed E-state index contributed by atoms with van der Waals surface area (Å²) in [5, 5.41) is 41.8. The van der Waals surface area contributed by atoms with Crippen molar-refractivity contribution in [2.24, 2.45) is 35.5 Å². The molecule has 11 nitrogen and oxygen atoms in total. The molecule has 5 aliphatic rings. The van der Waals surface area contributed by atoms with Gasteiger partial charge in [0.2, 0.25) is 0 Å². The van der Waals surface area contributed by atoms with Crippen LogP contribution in [0.1, 0.15) is 107 Å². The number of hydrogen-bond acceptors (Lipinski definition) is 10. The van der Waals surface area contributed by atoms with Gasteiger partial charge in [0, 0.05) is 37.7 Å². The minimum atomic E-state index is -1.56. The molecule has 5 rings (SSSR count). The first-order valence-electron chi connectivity index (χ1n) is 18.1. The van der Waals surface area contributed by atoms with Gasteiger partial charge in [0.15, 0.2) is 11.6 Å². The van der Waals surface area contributed by atoms with Crippen LogP contribution in [0, 0.1) is 35.5 Å². The van der Waals surface area contributed by atoms with Crippen molar-refractivity contribution < 1.29 is 53.6 Å². The molecule has 5 fully saturated rings. The SMILES string of the molecule is CC[C@@]1([C@@H]2O[C@@H]([C@H]3O[C@@](O)(CO)[C@H](C)C[C@@H]3C)C[C@@H]2C)CC[C@H]([C@]2(C)CCC3(C[C@H](O)[C@@H](C)[C@@H]([C@@H](C)[C@@H](OC)[C@H](C)C(=O)O)O3)O2)O1. The van der Waals surface area contributed by atoms with E-state index in [1.54, 1.807) is 6.92 Å². The monoisotopic (exact) mass is 670 g/mol. The highest BCUT2D eigenvalue weighted by atomic mass is 16.7. The second-order valence-electron chi connectivity index (χ2n) is 16.3. The van der Waals surface area contributed by atoms with E-state index in [1.807, 2.05) is 20.8 Å². The second-order valence-corrected chi connectivity index (χ2v) is 16.3. The van der Waals surface area contributed by atoms with E-state index in [1.165, 1.54) is 7.11 Å². The molecule has 0 bridgehead atoms. The standard InChI is InChI=1S/C36H62O11/c1-10-34(31-20(3)16-26(43-31)28-19(2)15-21(4)36(41,18-37)46-28)12-11-27(44-34)33(8)13-14-35(47-33)17-25(38)22(5)30(45-35)23(6)29(42-9)24(7)32(39)40/h19-31,37-38,41H,10-18H2,1-9H3,(H,39,40)/t19-,20-,21+,22+,23-,24-,25-,26+,27+,28-,29+,30-,31+,33-,34-,35?,36-/m0/s1. The number of ether oxygens (including phenoxy) is 6. The van der Waals surface area contributed by atoms with Crippen LogP contribution in [-0.4, -0.2) is 106 Å². The molecule has 1 spiro atoms. The molecular weight excluding hydrogens is 608 g/mol. The predicted molar refractivity (Wildman–Crippen MR) is 172 cm³/mol. The molecule has 5 heterocycles. The van der Waals surface area contributed by atoms with Crippen LogP contribution in [0.2, 0.25) is 0 Å². The van der Waals surface area contributed by atoms with Gasteiger partial charge in [-0.2, -0.15) is 0 Å². The summed E-state index contributed by atoms with van der Waals surface area (Å²) in [4.78, 5) is 11.8. The highest BCUT2D eigenvalue weighted by Gasteiger charge is 2.62. The molecule has 272 valence electrons. The van der Waals surface area contributed by atoms with Crippen molar-refractivity contribution in [1.82, 2.24) is 0 Å². The zero-order chi connectivity index (χ0) is 34.7. The normalized spacial score (nSPS) is 50.9. The van der Waals surface area contributed by atoms with Crippen LogP contribution in [0.25, 0.3) is 0 Å². The quantitative estimate of drug-likeness (QED) is 0.264. The highest BCUT2D eigenvalue weighted by Crippen LogP contribution is 2.55. The van der Waals surface area contributed by atoms with Crippen molar-refractivity contribution in [2.75, 3.05) is 13.7 Å². The smallest absolute Gasteiger partial charge is 0.308 e. The van der Waals surface area contributed by atoms with E-state index in [0.29, 0.717) is 19.3 Å². The van der Waals surface area contributed by atoms with Gasteiger partial charge in [0.1, 0.15) is 0 Å². The Bertz CT molecular complexity index is 1110. The fraction of sp³-hybridized carbons (Fsp3) is 0.972. The topological polar surface area (TPSA) is 153 Å². The van der Waals surface area contributed by atoms with Gasteiger partial charge >= 0.3 is 5.97 Å². The third-order valence-electron chi connectivity index (χ3n) is 13.0. The van der Waals surface area contributed by atoms with Crippen LogP contribution < -0.4 is 0 Å². The maximum atomic E-state index is 11.8. The second kappa shape index (κ2) is 13.7. The first-order valence-corrected chi connectivity index (χ1v) is 18.1. The average molecular weight is 671 g/mol. The summed E-state index contributed by atoms with van der Waals surface area (Å²) in [6, 6.07) is 0. The van der Waals surface area contributed by atoms with E-state index in [9.17, 15) is 25.2 Å². The lowest BCUT2D eigenvalue weighted by atomic mass is 9.78.